The fourth-order valence-corrected chi connectivity index (χ4v) is 2.68. The lowest BCUT2D eigenvalue weighted by Crippen LogP contribution is -1.96. The predicted octanol–water partition coefficient (Wildman–Crippen LogP) is 3.12. The predicted molar refractivity (Wildman–Crippen MR) is 83.0 cm³/mol. The number of nitrogens with zero attached hydrogens (tertiary/aromatic N) is 2. The van der Waals surface area contributed by atoms with Gasteiger partial charge in [0.1, 0.15) is 5.76 Å². The van der Waals surface area contributed by atoms with Crippen LogP contribution in [0.5, 0.6) is 0 Å². The fraction of sp³-hybridized carbons (Fsp3) is 0.125. The first-order valence-electron chi connectivity index (χ1n) is 6.63. The van der Waals surface area contributed by atoms with Gasteiger partial charge in [-0.3, -0.25) is 4.98 Å². The third kappa shape index (κ3) is 2.92. The Morgan fingerprint density at radius 2 is 1.59 bits per heavy atom. The molecule has 3 rings (SSSR count). The van der Waals surface area contributed by atoms with Crippen molar-refractivity contribution in [2.24, 2.45) is 0 Å². The summed E-state index contributed by atoms with van der Waals surface area (Å²) in [6, 6.07) is 10.4. The number of sulfone groups is 1. The highest BCUT2D eigenvalue weighted by Crippen LogP contribution is 2.23. The molecule has 0 unspecified atom stereocenters. The molecule has 1 aromatic carbocycles. The van der Waals surface area contributed by atoms with Gasteiger partial charge in [-0.15, -0.1) is 0 Å². The molecule has 0 radical (unpaired) electrons. The maximum absolute atomic E-state index is 11.5. The van der Waals surface area contributed by atoms with Crippen LogP contribution in [-0.4, -0.2) is 24.6 Å². The highest BCUT2D eigenvalue weighted by Gasteiger charge is 2.09. The molecular weight excluding hydrogens is 300 g/mol. The van der Waals surface area contributed by atoms with Crippen molar-refractivity contribution < 1.29 is 12.8 Å². The Bertz CT molecular complexity index is 895. The summed E-state index contributed by atoms with van der Waals surface area (Å²) in [5.41, 5.74) is 2.40. The molecule has 0 atom stereocenters. The zero-order chi connectivity index (χ0) is 15.7. The number of pyridine rings is 1. The smallest absolute Gasteiger partial charge is 0.227 e. The minimum absolute atomic E-state index is 0.295. The van der Waals surface area contributed by atoms with Crippen molar-refractivity contribution in [1.82, 2.24) is 9.97 Å². The Morgan fingerprint density at radius 3 is 2.09 bits per heavy atom. The summed E-state index contributed by atoms with van der Waals surface area (Å²) in [5, 5.41) is 0. The van der Waals surface area contributed by atoms with Gasteiger partial charge >= 0.3 is 0 Å². The Labute approximate surface area is 128 Å². The number of aryl methyl sites for hydroxylation is 1. The molecule has 3 aromatic rings. The lowest BCUT2D eigenvalue weighted by molar-refractivity contribution is 0.542. The maximum atomic E-state index is 11.5. The fourth-order valence-electron chi connectivity index (χ4n) is 2.05. The number of benzene rings is 1. The zero-order valence-electron chi connectivity index (χ0n) is 12.1. The third-order valence-electron chi connectivity index (χ3n) is 3.21. The molecule has 6 heteroatoms. The van der Waals surface area contributed by atoms with E-state index in [1.807, 2.05) is 19.1 Å². The Balaban J connectivity index is 1.90. The van der Waals surface area contributed by atoms with Crippen LogP contribution >= 0.6 is 0 Å². The van der Waals surface area contributed by atoms with Gasteiger partial charge in [-0.2, -0.15) is 0 Å². The molecule has 0 bridgehead atoms. The van der Waals surface area contributed by atoms with E-state index in [1.54, 1.807) is 36.7 Å². The lowest BCUT2D eigenvalue weighted by Gasteiger charge is -2.03. The number of aromatic nitrogens is 2. The van der Waals surface area contributed by atoms with E-state index in [0.29, 0.717) is 10.8 Å². The molecule has 0 N–H and O–H groups in total. The number of rotatable bonds is 3. The van der Waals surface area contributed by atoms with Crippen molar-refractivity contribution in [2.75, 3.05) is 6.26 Å². The summed E-state index contributed by atoms with van der Waals surface area (Å²) in [4.78, 5) is 8.83. The van der Waals surface area contributed by atoms with Crippen molar-refractivity contribution in [3.8, 4) is 22.7 Å². The van der Waals surface area contributed by atoms with Gasteiger partial charge in [-0.05, 0) is 31.2 Å². The second-order valence-electron chi connectivity index (χ2n) is 5.00. The van der Waals surface area contributed by atoms with Gasteiger partial charge in [0.25, 0.3) is 0 Å². The molecule has 0 saturated carbocycles. The second-order valence-corrected chi connectivity index (χ2v) is 7.02. The van der Waals surface area contributed by atoms with Gasteiger partial charge in [0.05, 0.1) is 22.3 Å². The highest BCUT2D eigenvalue weighted by molar-refractivity contribution is 7.90. The first kappa shape index (κ1) is 14.5. The summed E-state index contributed by atoms with van der Waals surface area (Å²) in [7, 11) is -3.18. The second kappa shape index (κ2) is 5.38. The monoisotopic (exact) mass is 314 g/mol. The van der Waals surface area contributed by atoms with E-state index >= 15 is 0 Å². The average molecular weight is 314 g/mol. The van der Waals surface area contributed by atoms with E-state index in [0.717, 1.165) is 22.6 Å². The number of oxazole rings is 1. The van der Waals surface area contributed by atoms with Gasteiger partial charge in [0.2, 0.25) is 5.89 Å². The molecular formula is C16H14N2O3S. The molecule has 0 amide bonds. The van der Waals surface area contributed by atoms with Crippen LogP contribution < -0.4 is 0 Å². The standard InChI is InChI=1S/C16H14N2O3S/c1-11-9-18-16(21-11)13-5-8-15(17-10-13)12-3-6-14(7-4-12)22(2,19)20/h3-10H,1-2H3. The summed E-state index contributed by atoms with van der Waals surface area (Å²) in [6.07, 6.45) is 4.53. The van der Waals surface area contributed by atoms with Gasteiger partial charge in [0, 0.05) is 18.0 Å². The van der Waals surface area contributed by atoms with Crippen molar-refractivity contribution in [2.45, 2.75) is 11.8 Å². The average Bonchev–Trinajstić information content (AvgIpc) is 2.93. The van der Waals surface area contributed by atoms with Crippen molar-refractivity contribution in [3.63, 3.8) is 0 Å². The molecule has 0 saturated heterocycles. The molecule has 0 aliphatic carbocycles. The molecule has 0 aliphatic rings. The van der Waals surface area contributed by atoms with E-state index in [-0.39, 0.29) is 0 Å². The molecule has 5 nitrogen and oxygen atoms in total. The van der Waals surface area contributed by atoms with Crippen LogP contribution in [0.1, 0.15) is 5.76 Å². The van der Waals surface area contributed by atoms with Crippen molar-refractivity contribution in [1.29, 1.82) is 0 Å². The van der Waals surface area contributed by atoms with Gasteiger partial charge in [-0.25, -0.2) is 13.4 Å². The van der Waals surface area contributed by atoms with Crippen LogP contribution in [-0.2, 0) is 9.84 Å². The van der Waals surface area contributed by atoms with Crippen LogP contribution in [0.15, 0.2) is 58.1 Å². The first-order chi connectivity index (χ1) is 10.4. The minimum atomic E-state index is -3.18. The van der Waals surface area contributed by atoms with E-state index in [2.05, 4.69) is 9.97 Å². The van der Waals surface area contributed by atoms with Crippen LogP contribution in [0.2, 0.25) is 0 Å². The topological polar surface area (TPSA) is 73.1 Å². The third-order valence-corrected chi connectivity index (χ3v) is 4.34. The quantitative estimate of drug-likeness (QED) is 0.742. The maximum Gasteiger partial charge on any atom is 0.227 e. The van der Waals surface area contributed by atoms with E-state index in [4.69, 9.17) is 4.42 Å². The molecule has 0 aliphatic heterocycles. The molecule has 2 aromatic heterocycles. The summed E-state index contributed by atoms with van der Waals surface area (Å²) < 4.78 is 28.4. The molecule has 0 fully saturated rings. The van der Waals surface area contributed by atoms with Crippen LogP contribution in [0.4, 0.5) is 0 Å². The summed E-state index contributed by atoms with van der Waals surface area (Å²) >= 11 is 0. The molecule has 112 valence electrons. The largest absolute Gasteiger partial charge is 0.441 e. The summed E-state index contributed by atoms with van der Waals surface area (Å²) in [6.45, 7) is 1.83. The highest BCUT2D eigenvalue weighted by atomic mass is 32.2. The molecule has 22 heavy (non-hydrogen) atoms. The Morgan fingerprint density at radius 1 is 0.909 bits per heavy atom. The van der Waals surface area contributed by atoms with Crippen molar-refractivity contribution >= 4 is 9.84 Å². The van der Waals surface area contributed by atoms with Crippen LogP contribution in [0.25, 0.3) is 22.7 Å². The Kier molecular flexibility index (Phi) is 3.54. The van der Waals surface area contributed by atoms with Crippen LogP contribution in [0.3, 0.4) is 0 Å². The summed E-state index contributed by atoms with van der Waals surface area (Å²) in [5.74, 6) is 1.28. The first-order valence-corrected chi connectivity index (χ1v) is 8.52. The zero-order valence-corrected chi connectivity index (χ0v) is 13.0. The van der Waals surface area contributed by atoms with Gasteiger partial charge < -0.3 is 4.42 Å². The normalized spacial score (nSPS) is 11.5. The molecule has 2 heterocycles. The minimum Gasteiger partial charge on any atom is -0.441 e. The number of hydrogen-bond donors (Lipinski definition) is 0. The van der Waals surface area contributed by atoms with Gasteiger partial charge in [0.15, 0.2) is 9.84 Å². The van der Waals surface area contributed by atoms with E-state index in [9.17, 15) is 8.42 Å². The van der Waals surface area contributed by atoms with E-state index < -0.39 is 9.84 Å². The van der Waals surface area contributed by atoms with Crippen LogP contribution in [0, 0.1) is 6.92 Å². The molecule has 0 spiro atoms. The Hall–Kier alpha value is -2.47. The van der Waals surface area contributed by atoms with Crippen molar-refractivity contribution in [3.05, 3.63) is 54.6 Å². The lowest BCUT2D eigenvalue weighted by atomic mass is 10.1. The van der Waals surface area contributed by atoms with Gasteiger partial charge in [-0.1, -0.05) is 12.1 Å². The van der Waals surface area contributed by atoms with E-state index in [1.165, 1.54) is 6.26 Å². The SMILES string of the molecule is Cc1cnc(-c2ccc(-c3ccc(S(C)(=O)=O)cc3)nc2)o1. The number of hydrogen-bond acceptors (Lipinski definition) is 5.